The number of hydrogen-bond donors (Lipinski definition) is 0. The Balaban J connectivity index is 1.29. The Hall–Kier alpha value is -5.12. The minimum atomic E-state index is 0.917. The van der Waals surface area contributed by atoms with Crippen molar-refractivity contribution in [2.24, 2.45) is 0 Å². The first kappa shape index (κ1) is 21.7. The van der Waals surface area contributed by atoms with Crippen LogP contribution in [0.4, 0.5) is 0 Å². The maximum absolute atomic E-state index is 6.17. The molecule has 0 saturated heterocycles. The zero-order valence-corrected chi connectivity index (χ0v) is 22.7. The Kier molecular flexibility index (Phi) is 4.10. The summed E-state index contributed by atoms with van der Waals surface area (Å²) in [6.07, 6.45) is 0. The molecule has 0 amide bonds. The monoisotopic (exact) mass is 539 g/mol. The largest absolute Gasteiger partial charge is 0.456 e. The zero-order chi connectivity index (χ0) is 26.7. The summed E-state index contributed by atoms with van der Waals surface area (Å²) in [5, 5.41) is 10.1. The van der Waals surface area contributed by atoms with Crippen LogP contribution < -0.4 is 0 Å². The number of rotatable bonds is 2. The van der Waals surface area contributed by atoms with E-state index in [0.29, 0.717) is 0 Å². The van der Waals surface area contributed by atoms with Gasteiger partial charge in [-0.1, -0.05) is 66.7 Å². The van der Waals surface area contributed by atoms with Gasteiger partial charge in [-0.25, -0.2) is 0 Å². The van der Waals surface area contributed by atoms with Gasteiger partial charge in [-0.05, 0) is 82.6 Å². The summed E-state index contributed by atoms with van der Waals surface area (Å²) in [6, 6.07) is 46.5. The van der Waals surface area contributed by atoms with Crippen molar-refractivity contribution < 1.29 is 4.42 Å². The molecule has 0 N–H and O–H groups in total. The first-order valence-corrected chi connectivity index (χ1v) is 14.7. The number of thiophene rings is 1. The van der Waals surface area contributed by atoms with Gasteiger partial charge >= 0.3 is 0 Å². The molecule has 0 aliphatic heterocycles. The molecule has 0 atom stereocenters. The molecule has 3 aromatic heterocycles. The van der Waals surface area contributed by atoms with Gasteiger partial charge in [0.25, 0.3) is 0 Å². The molecule has 0 fully saturated rings. The maximum atomic E-state index is 6.17. The molecule has 0 bridgehead atoms. The van der Waals surface area contributed by atoms with E-state index in [-0.39, 0.29) is 0 Å². The highest BCUT2D eigenvalue weighted by atomic mass is 32.1. The number of hydrogen-bond acceptors (Lipinski definition) is 2. The van der Waals surface area contributed by atoms with Crippen molar-refractivity contribution in [1.82, 2.24) is 4.57 Å². The van der Waals surface area contributed by atoms with Crippen LogP contribution in [0.25, 0.3) is 91.5 Å². The highest BCUT2D eigenvalue weighted by molar-refractivity contribution is 7.25. The number of para-hydroxylation sites is 1. The van der Waals surface area contributed by atoms with Gasteiger partial charge in [-0.15, -0.1) is 11.3 Å². The molecule has 3 heterocycles. The van der Waals surface area contributed by atoms with E-state index in [0.717, 1.165) is 27.6 Å². The predicted octanol–water partition coefficient (Wildman–Crippen LogP) is 11.3. The van der Waals surface area contributed by atoms with E-state index in [2.05, 4.69) is 120 Å². The molecule has 0 spiro atoms. The SMILES string of the molecule is c1ccc2c(c1)oc1ccc(-n3c4cccc5ccc6cc(-c7ccc8sc9ccccc9c8c7)cc3c6c54)cc12. The summed E-state index contributed by atoms with van der Waals surface area (Å²) in [7, 11) is 0. The normalized spacial score (nSPS) is 12.4. The molecule has 190 valence electrons. The molecule has 41 heavy (non-hydrogen) atoms. The summed E-state index contributed by atoms with van der Waals surface area (Å²) < 4.78 is 11.3. The molecule has 0 aliphatic rings. The van der Waals surface area contributed by atoms with Gasteiger partial charge in [0, 0.05) is 47.4 Å². The first-order chi connectivity index (χ1) is 20.3. The van der Waals surface area contributed by atoms with Crippen molar-refractivity contribution in [3.63, 3.8) is 0 Å². The van der Waals surface area contributed by atoms with E-state index in [1.165, 1.54) is 63.9 Å². The quantitative estimate of drug-likeness (QED) is 0.200. The molecule has 0 unspecified atom stereocenters. The molecule has 2 nitrogen and oxygen atoms in total. The Morgan fingerprint density at radius 2 is 1.27 bits per heavy atom. The van der Waals surface area contributed by atoms with Crippen LogP contribution in [-0.4, -0.2) is 4.57 Å². The summed E-state index contributed by atoms with van der Waals surface area (Å²) in [4.78, 5) is 0. The van der Waals surface area contributed by atoms with Gasteiger partial charge in [0.2, 0.25) is 0 Å². The second kappa shape index (κ2) is 7.75. The van der Waals surface area contributed by atoms with E-state index in [1.54, 1.807) is 0 Å². The summed E-state index contributed by atoms with van der Waals surface area (Å²) >= 11 is 1.87. The van der Waals surface area contributed by atoms with E-state index < -0.39 is 0 Å². The molecule has 0 saturated carbocycles. The molecule has 0 aliphatic carbocycles. The number of furan rings is 1. The molecule has 10 rings (SSSR count). The third-order valence-electron chi connectivity index (χ3n) is 8.73. The number of benzene rings is 7. The lowest BCUT2D eigenvalue weighted by atomic mass is 9.96. The summed E-state index contributed by atoms with van der Waals surface area (Å²) in [5.41, 5.74) is 7.92. The highest BCUT2D eigenvalue weighted by Gasteiger charge is 2.19. The number of fused-ring (bicyclic) bond motifs is 6. The third kappa shape index (κ3) is 2.91. The average molecular weight is 540 g/mol. The van der Waals surface area contributed by atoms with E-state index >= 15 is 0 Å². The number of nitrogens with zero attached hydrogens (tertiary/aromatic N) is 1. The van der Waals surface area contributed by atoms with Crippen LogP contribution in [0.1, 0.15) is 0 Å². The van der Waals surface area contributed by atoms with Gasteiger partial charge < -0.3 is 8.98 Å². The van der Waals surface area contributed by atoms with Gasteiger partial charge in [0.15, 0.2) is 0 Å². The molecular weight excluding hydrogens is 518 g/mol. The Morgan fingerprint density at radius 1 is 0.463 bits per heavy atom. The highest BCUT2D eigenvalue weighted by Crippen LogP contribution is 2.43. The Labute approximate surface area is 238 Å². The lowest BCUT2D eigenvalue weighted by Gasteiger charge is -2.10. The molecule has 3 heteroatoms. The maximum Gasteiger partial charge on any atom is 0.135 e. The smallest absolute Gasteiger partial charge is 0.135 e. The van der Waals surface area contributed by atoms with Crippen LogP contribution in [0.2, 0.25) is 0 Å². The van der Waals surface area contributed by atoms with Crippen molar-refractivity contribution in [3.8, 4) is 16.8 Å². The van der Waals surface area contributed by atoms with Crippen molar-refractivity contribution in [2.45, 2.75) is 0 Å². The fraction of sp³-hybridized carbons (Fsp3) is 0. The second-order valence-electron chi connectivity index (χ2n) is 11.0. The fourth-order valence-corrected chi connectivity index (χ4v) is 7.98. The summed E-state index contributed by atoms with van der Waals surface area (Å²) in [5.74, 6) is 0. The van der Waals surface area contributed by atoms with Gasteiger partial charge in [0.1, 0.15) is 11.2 Å². The van der Waals surface area contributed by atoms with Crippen molar-refractivity contribution in [3.05, 3.63) is 127 Å². The third-order valence-corrected chi connectivity index (χ3v) is 9.88. The van der Waals surface area contributed by atoms with Crippen LogP contribution in [0.15, 0.2) is 132 Å². The van der Waals surface area contributed by atoms with Crippen LogP contribution in [0.3, 0.4) is 0 Å². The Bertz CT molecular complexity index is 2650. The van der Waals surface area contributed by atoms with E-state index in [9.17, 15) is 0 Å². The van der Waals surface area contributed by atoms with Crippen LogP contribution in [0, 0.1) is 0 Å². The van der Waals surface area contributed by atoms with Gasteiger partial charge in [0.05, 0.1) is 11.0 Å². The van der Waals surface area contributed by atoms with Crippen LogP contribution >= 0.6 is 11.3 Å². The van der Waals surface area contributed by atoms with Crippen molar-refractivity contribution in [1.29, 1.82) is 0 Å². The number of aromatic nitrogens is 1. The average Bonchev–Trinajstić information content (AvgIpc) is 3.69. The molecular formula is C38H21NOS. The Morgan fingerprint density at radius 3 is 2.24 bits per heavy atom. The lowest BCUT2D eigenvalue weighted by Crippen LogP contribution is -1.93. The van der Waals surface area contributed by atoms with Crippen LogP contribution in [-0.2, 0) is 0 Å². The zero-order valence-electron chi connectivity index (χ0n) is 21.9. The lowest BCUT2D eigenvalue weighted by molar-refractivity contribution is 0.669. The van der Waals surface area contributed by atoms with E-state index in [1.807, 2.05) is 23.5 Å². The minimum Gasteiger partial charge on any atom is -0.456 e. The first-order valence-electron chi connectivity index (χ1n) is 13.9. The predicted molar refractivity (Wildman–Crippen MR) is 175 cm³/mol. The molecule has 0 radical (unpaired) electrons. The van der Waals surface area contributed by atoms with Crippen molar-refractivity contribution >= 4 is 86.0 Å². The van der Waals surface area contributed by atoms with E-state index in [4.69, 9.17) is 4.42 Å². The summed E-state index contributed by atoms with van der Waals surface area (Å²) in [6.45, 7) is 0. The second-order valence-corrected chi connectivity index (χ2v) is 12.0. The standard InChI is InChI=1S/C38H21NOS/c1-3-10-33-27(7-1)29-21-26(15-16-34(29)40-33)39-31-9-5-6-22-12-13-24-18-25(20-32(39)38(24)37(22)31)23-14-17-36-30(19-23)28-8-2-4-11-35(28)41-36/h1-21H. The van der Waals surface area contributed by atoms with Gasteiger partial charge in [-0.2, -0.15) is 0 Å². The van der Waals surface area contributed by atoms with Crippen LogP contribution in [0.5, 0.6) is 0 Å². The topological polar surface area (TPSA) is 18.1 Å². The van der Waals surface area contributed by atoms with Gasteiger partial charge in [-0.3, -0.25) is 0 Å². The minimum absolute atomic E-state index is 0.917. The molecule has 10 aromatic rings. The molecule has 7 aromatic carbocycles. The fourth-order valence-electron chi connectivity index (χ4n) is 6.90. The van der Waals surface area contributed by atoms with Crippen molar-refractivity contribution in [2.75, 3.05) is 0 Å².